The van der Waals surface area contributed by atoms with Crippen LogP contribution in [0.3, 0.4) is 0 Å². The van der Waals surface area contributed by atoms with Gasteiger partial charge in [0.05, 0.1) is 19.1 Å². The lowest BCUT2D eigenvalue weighted by molar-refractivity contribution is -0.138. The van der Waals surface area contributed by atoms with Gasteiger partial charge in [-0.2, -0.15) is 0 Å². The van der Waals surface area contributed by atoms with Crippen molar-refractivity contribution in [2.45, 2.75) is 50.4 Å². The lowest BCUT2D eigenvalue weighted by Crippen LogP contribution is -2.50. The third-order valence-corrected chi connectivity index (χ3v) is 7.46. The molecular weight excluding hydrogens is 390 g/mol. The number of morpholine rings is 1. The van der Waals surface area contributed by atoms with Crippen LogP contribution in [0.5, 0.6) is 0 Å². The molecule has 1 unspecified atom stereocenters. The maximum atomic E-state index is 13.1. The molecule has 31 heavy (non-hydrogen) atoms. The van der Waals surface area contributed by atoms with Gasteiger partial charge in [-0.25, -0.2) is 0 Å². The second-order valence-electron chi connectivity index (χ2n) is 9.45. The van der Waals surface area contributed by atoms with Crippen LogP contribution in [0.2, 0.25) is 0 Å². The number of hydrogen-bond donors (Lipinski definition) is 1. The minimum atomic E-state index is -0.0983. The summed E-state index contributed by atoms with van der Waals surface area (Å²) in [6, 6.07) is 10.7. The van der Waals surface area contributed by atoms with Crippen LogP contribution in [0.15, 0.2) is 30.3 Å². The van der Waals surface area contributed by atoms with Crippen molar-refractivity contribution < 1.29 is 14.3 Å². The summed E-state index contributed by atoms with van der Waals surface area (Å²) in [5.74, 6) is 0.203. The Morgan fingerprint density at radius 1 is 1.06 bits per heavy atom. The summed E-state index contributed by atoms with van der Waals surface area (Å²) < 4.78 is 5.40. The van der Waals surface area contributed by atoms with Crippen LogP contribution in [0.1, 0.15) is 50.5 Å². The predicted octanol–water partition coefficient (Wildman–Crippen LogP) is 2.58. The highest BCUT2D eigenvalue weighted by Crippen LogP contribution is 2.39. The second kappa shape index (κ2) is 10.6. The second-order valence-corrected chi connectivity index (χ2v) is 9.45. The molecule has 1 aromatic carbocycles. The molecule has 6 nitrogen and oxygen atoms in total. The van der Waals surface area contributed by atoms with Gasteiger partial charge in [0.2, 0.25) is 11.8 Å². The molecule has 0 radical (unpaired) electrons. The molecule has 170 valence electrons. The number of ether oxygens (including phenoxy) is 1. The first-order valence-corrected chi connectivity index (χ1v) is 12.1. The van der Waals surface area contributed by atoms with Crippen LogP contribution in [-0.4, -0.2) is 74.1 Å². The average Bonchev–Trinajstić information content (AvgIpc) is 2.84. The van der Waals surface area contributed by atoms with Gasteiger partial charge in [0, 0.05) is 51.1 Å². The topological polar surface area (TPSA) is 61.9 Å². The predicted molar refractivity (Wildman–Crippen MR) is 121 cm³/mol. The standard InChI is InChI=1S/C25H37N3O3/c29-23-10-9-21(19-28(23)14-13-27-15-17-31-18-16-27)24(30)26-20-25(11-5-2-6-12-25)22-7-3-1-4-8-22/h1,3-4,7-8,21H,2,5-6,9-20H2,(H,26,30). The molecule has 2 heterocycles. The molecular formula is C25H37N3O3. The molecule has 2 aliphatic heterocycles. The van der Waals surface area contributed by atoms with E-state index in [4.69, 9.17) is 4.74 Å². The van der Waals surface area contributed by atoms with E-state index in [1.165, 1.54) is 24.8 Å². The number of likely N-dealkylation sites (tertiary alicyclic amines) is 1. The Morgan fingerprint density at radius 3 is 2.55 bits per heavy atom. The summed E-state index contributed by atoms with van der Waals surface area (Å²) in [7, 11) is 0. The molecule has 1 N–H and O–H groups in total. The van der Waals surface area contributed by atoms with Crippen LogP contribution in [0.4, 0.5) is 0 Å². The molecule has 3 aliphatic rings. The third kappa shape index (κ3) is 5.66. The van der Waals surface area contributed by atoms with Crippen molar-refractivity contribution in [1.29, 1.82) is 0 Å². The van der Waals surface area contributed by atoms with Crippen molar-refractivity contribution in [2.24, 2.45) is 5.92 Å². The Labute approximate surface area is 186 Å². The number of amides is 2. The number of hydrogen-bond acceptors (Lipinski definition) is 4. The average molecular weight is 428 g/mol. The van der Waals surface area contributed by atoms with Crippen LogP contribution in [0.25, 0.3) is 0 Å². The Hall–Kier alpha value is -1.92. The summed E-state index contributed by atoms with van der Waals surface area (Å²) >= 11 is 0. The van der Waals surface area contributed by atoms with E-state index in [0.29, 0.717) is 32.5 Å². The summed E-state index contributed by atoms with van der Waals surface area (Å²) in [6.07, 6.45) is 7.13. The smallest absolute Gasteiger partial charge is 0.224 e. The van der Waals surface area contributed by atoms with Gasteiger partial charge in [-0.1, -0.05) is 49.6 Å². The molecule has 0 aromatic heterocycles. The molecule has 6 heteroatoms. The summed E-state index contributed by atoms with van der Waals surface area (Å²) in [6.45, 7) is 6.20. The highest BCUT2D eigenvalue weighted by Gasteiger charge is 2.36. The van der Waals surface area contributed by atoms with Gasteiger partial charge in [-0.15, -0.1) is 0 Å². The zero-order valence-electron chi connectivity index (χ0n) is 18.7. The normalized spacial score (nSPS) is 24.7. The number of nitrogens with one attached hydrogen (secondary N) is 1. The van der Waals surface area contributed by atoms with Gasteiger partial charge in [-0.3, -0.25) is 14.5 Å². The summed E-state index contributed by atoms with van der Waals surface area (Å²) in [5, 5.41) is 3.30. The van der Waals surface area contributed by atoms with Gasteiger partial charge in [0.25, 0.3) is 0 Å². The van der Waals surface area contributed by atoms with Crippen LogP contribution in [-0.2, 0) is 19.7 Å². The first-order valence-electron chi connectivity index (χ1n) is 12.1. The third-order valence-electron chi connectivity index (χ3n) is 7.46. The van der Waals surface area contributed by atoms with E-state index in [1.54, 1.807) is 0 Å². The van der Waals surface area contributed by atoms with Crippen molar-refractivity contribution in [2.75, 3.05) is 52.5 Å². The van der Waals surface area contributed by atoms with Gasteiger partial charge >= 0.3 is 0 Å². The monoisotopic (exact) mass is 427 g/mol. The minimum Gasteiger partial charge on any atom is -0.379 e. The SMILES string of the molecule is O=C(NCC1(c2ccccc2)CCCCC1)C1CCC(=O)N(CCN2CCOCC2)C1. The molecule has 4 rings (SSSR count). The zero-order valence-corrected chi connectivity index (χ0v) is 18.7. The maximum Gasteiger partial charge on any atom is 0.224 e. The first kappa shape index (κ1) is 22.3. The quantitative estimate of drug-likeness (QED) is 0.727. The Morgan fingerprint density at radius 2 is 1.81 bits per heavy atom. The summed E-state index contributed by atoms with van der Waals surface area (Å²) in [4.78, 5) is 29.8. The number of carbonyl (C=O) groups is 2. The molecule has 1 aliphatic carbocycles. The van der Waals surface area contributed by atoms with Crippen molar-refractivity contribution >= 4 is 11.8 Å². The fraction of sp³-hybridized carbons (Fsp3) is 0.680. The number of carbonyl (C=O) groups excluding carboxylic acids is 2. The molecule has 1 atom stereocenters. The molecule has 2 amide bonds. The van der Waals surface area contributed by atoms with Crippen LogP contribution < -0.4 is 5.32 Å². The minimum absolute atomic E-state index is 0.0513. The fourth-order valence-electron chi connectivity index (χ4n) is 5.42. The van der Waals surface area contributed by atoms with E-state index in [9.17, 15) is 9.59 Å². The fourth-order valence-corrected chi connectivity index (χ4v) is 5.42. The first-order chi connectivity index (χ1) is 15.2. The largest absolute Gasteiger partial charge is 0.379 e. The van der Waals surface area contributed by atoms with Gasteiger partial charge < -0.3 is 15.0 Å². The maximum absolute atomic E-state index is 13.1. The number of nitrogens with zero attached hydrogens (tertiary/aromatic N) is 2. The van der Waals surface area contributed by atoms with Crippen molar-refractivity contribution in [3.63, 3.8) is 0 Å². The highest BCUT2D eigenvalue weighted by molar-refractivity contribution is 5.83. The molecule has 2 saturated heterocycles. The molecule has 3 fully saturated rings. The van der Waals surface area contributed by atoms with Crippen LogP contribution >= 0.6 is 0 Å². The molecule has 0 bridgehead atoms. The Kier molecular flexibility index (Phi) is 7.62. The van der Waals surface area contributed by atoms with E-state index in [-0.39, 0.29) is 23.1 Å². The van der Waals surface area contributed by atoms with Crippen molar-refractivity contribution in [3.05, 3.63) is 35.9 Å². The van der Waals surface area contributed by atoms with Gasteiger partial charge in [0.15, 0.2) is 0 Å². The number of rotatable bonds is 7. The Balaban J connectivity index is 1.32. The highest BCUT2D eigenvalue weighted by atomic mass is 16.5. The zero-order chi connectivity index (χ0) is 21.5. The van der Waals surface area contributed by atoms with Gasteiger partial charge in [0.1, 0.15) is 0 Å². The lowest BCUT2D eigenvalue weighted by Gasteiger charge is -2.39. The molecule has 1 saturated carbocycles. The summed E-state index contributed by atoms with van der Waals surface area (Å²) in [5.41, 5.74) is 1.40. The molecule has 1 aromatic rings. The van der Waals surface area contributed by atoms with E-state index >= 15 is 0 Å². The number of benzene rings is 1. The van der Waals surface area contributed by atoms with Gasteiger partial charge in [-0.05, 0) is 24.8 Å². The lowest BCUT2D eigenvalue weighted by atomic mass is 9.69. The van der Waals surface area contributed by atoms with E-state index in [2.05, 4.69) is 40.5 Å². The van der Waals surface area contributed by atoms with E-state index in [1.807, 2.05) is 4.90 Å². The van der Waals surface area contributed by atoms with Crippen LogP contribution in [0, 0.1) is 5.92 Å². The molecule has 0 spiro atoms. The van der Waals surface area contributed by atoms with Crippen molar-refractivity contribution in [3.8, 4) is 0 Å². The van der Waals surface area contributed by atoms with Crippen molar-refractivity contribution in [1.82, 2.24) is 15.1 Å². The van der Waals surface area contributed by atoms with E-state index < -0.39 is 0 Å². The number of piperidine rings is 1. The Bertz CT molecular complexity index is 727. The van der Waals surface area contributed by atoms with E-state index in [0.717, 1.165) is 45.7 Å².